The van der Waals surface area contributed by atoms with Gasteiger partial charge in [-0.2, -0.15) is 0 Å². The minimum Gasteiger partial charge on any atom is -0.480 e. The Balaban J connectivity index is 3.93. The second kappa shape index (κ2) is 6.66. The Bertz CT molecular complexity index is 168. The zero-order valence-electron chi connectivity index (χ0n) is 8.42. The molecule has 0 aromatic heterocycles. The van der Waals surface area contributed by atoms with Crippen LogP contribution in [0.25, 0.3) is 0 Å². The van der Waals surface area contributed by atoms with E-state index in [1.54, 1.807) is 6.08 Å². The molecule has 3 nitrogen and oxygen atoms in total. The molecule has 0 aliphatic heterocycles. The normalized spacial score (nSPS) is 14.9. The van der Waals surface area contributed by atoms with Crippen molar-refractivity contribution in [1.82, 2.24) is 5.32 Å². The van der Waals surface area contributed by atoms with Gasteiger partial charge in [-0.25, -0.2) is 0 Å². The van der Waals surface area contributed by atoms with Crippen molar-refractivity contribution in [2.45, 2.75) is 45.2 Å². The third kappa shape index (κ3) is 5.42. The lowest BCUT2D eigenvalue weighted by molar-refractivity contribution is -0.139. The summed E-state index contributed by atoms with van der Waals surface area (Å²) in [5.41, 5.74) is 0. The average molecular weight is 185 g/mol. The van der Waals surface area contributed by atoms with E-state index in [0.29, 0.717) is 6.42 Å². The van der Waals surface area contributed by atoms with E-state index < -0.39 is 12.0 Å². The average Bonchev–Trinajstić information content (AvgIpc) is 2.04. The Labute approximate surface area is 79.8 Å². The van der Waals surface area contributed by atoms with Gasteiger partial charge in [-0.15, -0.1) is 6.58 Å². The molecule has 0 saturated heterocycles. The smallest absolute Gasteiger partial charge is 0.321 e. The van der Waals surface area contributed by atoms with Crippen molar-refractivity contribution >= 4 is 5.97 Å². The van der Waals surface area contributed by atoms with Gasteiger partial charge in [0.05, 0.1) is 0 Å². The third-order valence-corrected chi connectivity index (χ3v) is 1.91. The monoisotopic (exact) mass is 185 g/mol. The Kier molecular flexibility index (Phi) is 6.24. The maximum absolute atomic E-state index is 10.7. The number of nitrogens with one attached hydrogen (secondary N) is 1. The molecule has 2 N–H and O–H groups in total. The molecular formula is C10H19NO2. The molecule has 0 aliphatic carbocycles. The molecule has 2 unspecified atom stereocenters. The number of aliphatic carboxylic acids is 1. The van der Waals surface area contributed by atoms with Crippen LogP contribution >= 0.6 is 0 Å². The molecule has 76 valence electrons. The van der Waals surface area contributed by atoms with Crippen molar-refractivity contribution in [3.63, 3.8) is 0 Å². The summed E-state index contributed by atoms with van der Waals surface area (Å²) < 4.78 is 0. The zero-order valence-corrected chi connectivity index (χ0v) is 8.42. The van der Waals surface area contributed by atoms with Crippen LogP contribution in [0.3, 0.4) is 0 Å². The minimum atomic E-state index is -0.803. The van der Waals surface area contributed by atoms with Crippen LogP contribution in [0.4, 0.5) is 0 Å². The molecule has 0 aromatic rings. The maximum atomic E-state index is 10.7. The van der Waals surface area contributed by atoms with E-state index in [2.05, 4.69) is 18.8 Å². The molecule has 2 atom stereocenters. The van der Waals surface area contributed by atoms with Crippen molar-refractivity contribution in [3.05, 3.63) is 12.7 Å². The second-order valence-corrected chi connectivity index (χ2v) is 3.27. The molecule has 0 spiro atoms. The van der Waals surface area contributed by atoms with Gasteiger partial charge in [-0.3, -0.25) is 4.79 Å². The van der Waals surface area contributed by atoms with Gasteiger partial charge in [0.25, 0.3) is 0 Å². The van der Waals surface area contributed by atoms with Gasteiger partial charge in [0.2, 0.25) is 0 Å². The lowest BCUT2D eigenvalue weighted by Gasteiger charge is -2.18. The summed E-state index contributed by atoms with van der Waals surface area (Å²) in [6.07, 6.45) is 4.17. The van der Waals surface area contributed by atoms with E-state index in [4.69, 9.17) is 5.11 Å². The van der Waals surface area contributed by atoms with E-state index in [0.717, 1.165) is 12.8 Å². The van der Waals surface area contributed by atoms with E-state index in [1.807, 2.05) is 6.92 Å². The largest absolute Gasteiger partial charge is 0.480 e. The minimum absolute atomic E-state index is 0.256. The Morgan fingerprint density at radius 1 is 1.69 bits per heavy atom. The van der Waals surface area contributed by atoms with Crippen molar-refractivity contribution in [2.24, 2.45) is 0 Å². The lowest BCUT2D eigenvalue weighted by atomic mass is 10.1. The van der Waals surface area contributed by atoms with Crippen LogP contribution in [0.1, 0.15) is 33.1 Å². The molecule has 0 fully saturated rings. The molecule has 0 aromatic carbocycles. The molecule has 0 aliphatic rings. The molecule has 0 heterocycles. The summed E-state index contributed by atoms with van der Waals surface area (Å²) in [4.78, 5) is 10.7. The Morgan fingerprint density at radius 2 is 2.31 bits per heavy atom. The highest BCUT2D eigenvalue weighted by atomic mass is 16.4. The number of carbonyl (C=O) groups is 1. The SMILES string of the molecule is C=CCC(NC(C)CCC)C(=O)O. The standard InChI is InChI=1S/C10H19NO2/c1-4-6-8(3)11-9(7-5-2)10(12)13/h5,8-9,11H,2,4,6-7H2,1,3H3,(H,12,13). The van der Waals surface area contributed by atoms with Gasteiger partial charge in [-0.1, -0.05) is 19.4 Å². The van der Waals surface area contributed by atoms with Crippen molar-refractivity contribution in [2.75, 3.05) is 0 Å². The van der Waals surface area contributed by atoms with Gasteiger partial charge < -0.3 is 10.4 Å². The van der Waals surface area contributed by atoms with E-state index >= 15 is 0 Å². The first-order valence-corrected chi connectivity index (χ1v) is 4.71. The summed E-state index contributed by atoms with van der Waals surface area (Å²) in [6, 6.07) is -0.231. The highest BCUT2D eigenvalue weighted by molar-refractivity contribution is 5.73. The Morgan fingerprint density at radius 3 is 2.69 bits per heavy atom. The molecule has 0 amide bonds. The van der Waals surface area contributed by atoms with E-state index in [-0.39, 0.29) is 6.04 Å². The fraction of sp³-hybridized carbons (Fsp3) is 0.700. The highest BCUT2D eigenvalue weighted by Crippen LogP contribution is 2.00. The number of hydrogen-bond donors (Lipinski definition) is 2. The first kappa shape index (κ1) is 12.2. The molecule has 13 heavy (non-hydrogen) atoms. The molecule has 0 saturated carbocycles. The van der Waals surface area contributed by atoms with Crippen LogP contribution in [0.15, 0.2) is 12.7 Å². The van der Waals surface area contributed by atoms with Crippen molar-refractivity contribution in [3.8, 4) is 0 Å². The number of rotatable bonds is 7. The number of hydrogen-bond acceptors (Lipinski definition) is 2. The van der Waals surface area contributed by atoms with Gasteiger partial charge in [-0.05, 0) is 19.8 Å². The predicted octanol–water partition coefficient (Wildman–Crippen LogP) is 1.79. The van der Waals surface area contributed by atoms with E-state index in [1.165, 1.54) is 0 Å². The third-order valence-electron chi connectivity index (χ3n) is 1.91. The van der Waals surface area contributed by atoms with Gasteiger partial charge in [0.1, 0.15) is 6.04 Å². The van der Waals surface area contributed by atoms with Crippen molar-refractivity contribution < 1.29 is 9.90 Å². The number of carboxylic acids is 1. The Hall–Kier alpha value is -0.830. The maximum Gasteiger partial charge on any atom is 0.321 e. The fourth-order valence-electron chi connectivity index (χ4n) is 1.27. The van der Waals surface area contributed by atoms with Crippen LogP contribution in [-0.2, 0) is 4.79 Å². The van der Waals surface area contributed by atoms with Gasteiger partial charge in [0.15, 0.2) is 0 Å². The van der Waals surface area contributed by atoms with Gasteiger partial charge >= 0.3 is 5.97 Å². The van der Waals surface area contributed by atoms with Crippen LogP contribution in [0, 0.1) is 0 Å². The van der Waals surface area contributed by atoms with Crippen LogP contribution in [0.5, 0.6) is 0 Å². The summed E-state index contributed by atoms with van der Waals surface area (Å²) in [7, 11) is 0. The number of carboxylic acid groups (broad SMARTS) is 1. The van der Waals surface area contributed by atoms with Crippen LogP contribution in [0.2, 0.25) is 0 Å². The molecular weight excluding hydrogens is 166 g/mol. The summed E-state index contributed by atoms with van der Waals surface area (Å²) >= 11 is 0. The predicted molar refractivity (Wildman–Crippen MR) is 53.7 cm³/mol. The summed E-state index contributed by atoms with van der Waals surface area (Å²) in [5.74, 6) is -0.803. The highest BCUT2D eigenvalue weighted by Gasteiger charge is 2.16. The topological polar surface area (TPSA) is 49.3 Å². The van der Waals surface area contributed by atoms with Crippen molar-refractivity contribution in [1.29, 1.82) is 0 Å². The van der Waals surface area contributed by atoms with E-state index in [9.17, 15) is 4.79 Å². The van der Waals surface area contributed by atoms with Gasteiger partial charge in [0, 0.05) is 6.04 Å². The lowest BCUT2D eigenvalue weighted by Crippen LogP contribution is -2.41. The molecule has 3 heteroatoms. The summed E-state index contributed by atoms with van der Waals surface area (Å²) in [5, 5.41) is 11.9. The zero-order chi connectivity index (χ0) is 10.3. The summed E-state index contributed by atoms with van der Waals surface area (Å²) in [6.45, 7) is 7.62. The first-order valence-electron chi connectivity index (χ1n) is 4.71. The van der Waals surface area contributed by atoms with Crippen LogP contribution in [-0.4, -0.2) is 23.2 Å². The molecule has 0 bridgehead atoms. The molecule has 0 radical (unpaired) electrons. The first-order chi connectivity index (χ1) is 6.11. The quantitative estimate of drug-likeness (QED) is 0.594. The molecule has 0 rings (SSSR count). The fourth-order valence-corrected chi connectivity index (χ4v) is 1.27. The second-order valence-electron chi connectivity index (χ2n) is 3.27. The van der Waals surface area contributed by atoms with Crippen LogP contribution < -0.4 is 5.32 Å².